The van der Waals surface area contributed by atoms with Gasteiger partial charge in [0.15, 0.2) is 0 Å². The average Bonchev–Trinajstić information content (AvgIpc) is 2.77. The number of aromatic nitrogens is 2. The lowest BCUT2D eigenvalue weighted by atomic mass is 10.2. The summed E-state index contributed by atoms with van der Waals surface area (Å²) >= 11 is 6.10. The zero-order chi connectivity index (χ0) is 12.3. The zero-order valence-electron chi connectivity index (χ0n) is 9.35. The van der Waals surface area contributed by atoms with E-state index >= 15 is 0 Å². The molecular formula is C12H12ClN3O. The first-order valence-electron chi connectivity index (χ1n) is 5.19. The summed E-state index contributed by atoms with van der Waals surface area (Å²) in [7, 11) is 1.61. The minimum atomic E-state index is -0.0729. The molecule has 1 aromatic heterocycles. The number of amides is 1. The van der Waals surface area contributed by atoms with Gasteiger partial charge in [-0.3, -0.25) is 4.79 Å². The second-order valence-electron chi connectivity index (χ2n) is 3.53. The first kappa shape index (κ1) is 11.7. The molecule has 1 amide bonds. The van der Waals surface area contributed by atoms with Gasteiger partial charge in [0.2, 0.25) is 5.91 Å². The van der Waals surface area contributed by atoms with Gasteiger partial charge in [-0.1, -0.05) is 23.7 Å². The van der Waals surface area contributed by atoms with Gasteiger partial charge in [-0.05, 0) is 12.1 Å². The predicted molar refractivity (Wildman–Crippen MR) is 66.7 cm³/mol. The van der Waals surface area contributed by atoms with Gasteiger partial charge in [0, 0.05) is 25.0 Å². The Labute approximate surface area is 104 Å². The lowest BCUT2D eigenvalue weighted by molar-refractivity contribution is -0.121. The van der Waals surface area contributed by atoms with Gasteiger partial charge >= 0.3 is 0 Å². The number of halogens is 1. The SMILES string of the molecule is CNC(=O)Cn1ccnc1-c1ccccc1Cl. The quantitative estimate of drug-likeness (QED) is 0.904. The highest BCUT2D eigenvalue weighted by Crippen LogP contribution is 2.25. The van der Waals surface area contributed by atoms with E-state index in [4.69, 9.17) is 11.6 Å². The number of nitrogens with zero attached hydrogens (tertiary/aromatic N) is 2. The first-order chi connectivity index (χ1) is 8.22. The van der Waals surface area contributed by atoms with E-state index in [9.17, 15) is 4.79 Å². The van der Waals surface area contributed by atoms with E-state index in [-0.39, 0.29) is 12.5 Å². The standard InChI is InChI=1S/C12H12ClN3O/c1-14-11(17)8-16-7-6-15-12(16)9-4-2-3-5-10(9)13/h2-7H,8H2,1H3,(H,14,17). The predicted octanol–water partition coefficient (Wildman–Crippen LogP) is 1.95. The third kappa shape index (κ3) is 2.47. The molecule has 0 spiro atoms. The van der Waals surface area contributed by atoms with Crippen LogP contribution in [0.25, 0.3) is 11.4 Å². The molecule has 4 nitrogen and oxygen atoms in total. The molecule has 0 saturated heterocycles. The van der Waals surface area contributed by atoms with Crippen LogP contribution >= 0.6 is 11.6 Å². The zero-order valence-corrected chi connectivity index (χ0v) is 10.1. The Morgan fingerprint density at radius 2 is 2.24 bits per heavy atom. The molecule has 88 valence electrons. The second kappa shape index (κ2) is 5.01. The van der Waals surface area contributed by atoms with E-state index in [0.717, 1.165) is 5.56 Å². The van der Waals surface area contributed by atoms with Gasteiger partial charge in [0.05, 0.1) is 5.02 Å². The fourth-order valence-electron chi connectivity index (χ4n) is 1.56. The van der Waals surface area contributed by atoms with E-state index in [1.54, 1.807) is 30.1 Å². The summed E-state index contributed by atoms with van der Waals surface area (Å²) in [6, 6.07) is 7.43. The summed E-state index contributed by atoms with van der Waals surface area (Å²) in [6.07, 6.45) is 3.41. The van der Waals surface area contributed by atoms with E-state index in [2.05, 4.69) is 10.3 Å². The molecule has 0 atom stereocenters. The molecule has 0 fully saturated rings. The third-order valence-corrected chi connectivity index (χ3v) is 2.75. The number of nitrogens with one attached hydrogen (secondary N) is 1. The summed E-state index contributed by atoms with van der Waals surface area (Å²) in [5, 5.41) is 3.20. The van der Waals surface area contributed by atoms with Crippen molar-refractivity contribution in [3.63, 3.8) is 0 Å². The third-order valence-electron chi connectivity index (χ3n) is 2.42. The van der Waals surface area contributed by atoms with Crippen LogP contribution in [0.1, 0.15) is 0 Å². The van der Waals surface area contributed by atoms with E-state index in [1.165, 1.54) is 0 Å². The van der Waals surface area contributed by atoms with Crippen molar-refractivity contribution in [1.82, 2.24) is 14.9 Å². The molecule has 0 aliphatic heterocycles. The van der Waals surface area contributed by atoms with Crippen molar-refractivity contribution in [2.45, 2.75) is 6.54 Å². The minimum absolute atomic E-state index is 0.0729. The molecule has 0 saturated carbocycles. The Balaban J connectivity index is 2.37. The van der Waals surface area contributed by atoms with Crippen molar-refractivity contribution < 1.29 is 4.79 Å². The average molecular weight is 250 g/mol. The van der Waals surface area contributed by atoms with Crippen LogP contribution in [0.2, 0.25) is 5.02 Å². The molecule has 0 bridgehead atoms. The summed E-state index contributed by atoms with van der Waals surface area (Å²) in [5.74, 6) is 0.621. The monoisotopic (exact) mass is 249 g/mol. The van der Waals surface area contributed by atoms with Gasteiger partial charge in [0.1, 0.15) is 12.4 Å². The molecule has 1 aromatic carbocycles. The van der Waals surface area contributed by atoms with Crippen LogP contribution in [-0.4, -0.2) is 22.5 Å². The number of hydrogen-bond donors (Lipinski definition) is 1. The Morgan fingerprint density at radius 1 is 1.47 bits per heavy atom. The molecule has 0 aliphatic rings. The largest absolute Gasteiger partial charge is 0.358 e. The minimum Gasteiger partial charge on any atom is -0.358 e. The number of benzene rings is 1. The van der Waals surface area contributed by atoms with Crippen molar-refractivity contribution in [1.29, 1.82) is 0 Å². The Kier molecular flexibility index (Phi) is 3.44. The summed E-state index contributed by atoms with van der Waals surface area (Å²) in [4.78, 5) is 15.6. The highest BCUT2D eigenvalue weighted by molar-refractivity contribution is 6.33. The number of carbonyl (C=O) groups is 1. The van der Waals surface area contributed by atoms with E-state index < -0.39 is 0 Å². The molecular weight excluding hydrogens is 238 g/mol. The fraction of sp³-hybridized carbons (Fsp3) is 0.167. The van der Waals surface area contributed by atoms with Crippen LogP contribution in [0, 0.1) is 0 Å². The smallest absolute Gasteiger partial charge is 0.239 e. The van der Waals surface area contributed by atoms with Crippen molar-refractivity contribution >= 4 is 17.5 Å². The van der Waals surface area contributed by atoms with Gasteiger partial charge in [-0.25, -0.2) is 4.98 Å². The maximum Gasteiger partial charge on any atom is 0.239 e. The Hall–Kier alpha value is -1.81. The normalized spacial score (nSPS) is 10.2. The number of likely N-dealkylation sites (N-methyl/N-ethyl adjacent to an activating group) is 1. The number of imidazole rings is 1. The van der Waals surface area contributed by atoms with Crippen LogP contribution < -0.4 is 5.32 Å². The molecule has 1 N–H and O–H groups in total. The van der Waals surface area contributed by atoms with Crippen molar-refractivity contribution in [3.8, 4) is 11.4 Å². The summed E-state index contributed by atoms with van der Waals surface area (Å²) in [5.41, 5.74) is 0.822. The second-order valence-corrected chi connectivity index (χ2v) is 3.94. The van der Waals surface area contributed by atoms with Crippen LogP contribution in [0.4, 0.5) is 0 Å². The molecule has 17 heavy (non-hydrogen) atoms. The van der Waals surface area contributed by atoms with Crippen molar-refractivity contribution in [2.75, 3.05) is 7.05 Å². The van der Waals surface area contributed by atoms with Gasteiger partial charge < -0.3 is 9.88 Å². The highest BCUT2D eigenvalue weighted by atomic mass is 35.5. The van der Waals surface area contributed by atoms with Crippen molar-refractivity contribution in [3.05, 3.63) is 41.7 Å². The highest BCUT2D eigenvalue weighted by Gasteiger charge is 2.10. The lowest BCUT2D eigenvalue weighted by Gasteiger charge is -2.08. The molecule has 2 rings (SSSR count). The van der Waals surface area contributed by atoms with Gasteiger partial charge in [-0.15, -0.1) is 0 Å². The molecule has 2 aromatic rings. The topological polar surface area (TPSA) is 46.9 Å². The van der Waals surface area contributed by atoms with Crippen LogP contribution in [0.15, 0.2) is 36.7 Å². The molecule has 1 heterocycles. The first-order valence-corrected chi connectivity index (χ1v) is 5.57. The lowest BCUT2D eigenvalue weighted by Crippen LogP contribution is -2.23. The number of carbonyl (C=O) groups excluding carboxylic acids is 1. The van der Waals surface area contributed by atoms with Crippen LogP contribution in [0.3, 0.4) is 0 Å². The van der Waals surface area contributed by atoms with E-state index in [1.807, 2.05) is 18.2 Å². The maximum atomic E-state index is 11.4. The molecule has 5 heteroatoms. The maximum absolute atomic E-state index is 11.4. The van der Waals surface area contributed by atoms with Crippen LogP contribution in [-0.2, 0) is 11.3 Å². The Morgan fingerprint density at radius 3 is 2.94 bits per heavy atom. The van der Waals surface area contributed by atoms with E-state index in [0.29, 0.717) is 10.8 Å². The Bertz CT molecular complexity index is 536. The summed E-state index contributed by atoms with van der Waals surface area (Å²) < 4.78 is 1.76. The van der Waals surface area contributed by atoms with Crippen LogP contribution in [0.5, 0.6) is 0 Å². The van der Waals surface area contributed by atoms with Gasteiger partial charge in [0.25, 0.3) is 0 Å². The molecule has 0 radical (unpaired) electrons. The number of hydrogen-bond acceptors (Lipinski definition) is 2. The summed E-state index contributed by atoms with van der Waals surface area (Å²) in [6.45, 7) is 0.233. The number of rotatable bonds is 3. The van der Waals surface area contributed by atoms with Crippen molar-refractivity contribution in [2.24, 2.45) is 0 Å². The molecule has 0 aliphatic carbocycles. The van der Waals surface area contributed by atoms with Gasteiger partial charge in [-0.2, -0.15) is 0 Å². The molecule has 0 unspecified atom stereocenters. The fourth-order valence-corrected chi connectivity index (χ4v) is 1.78.